The van der Waals surface area contributed by atoms with Crippen LogP contribution in [0, 0.1) is 0 Å². The monoisotopic (exact) mass is 309 g/mol. The van der Waals surface area contributed by atoms with Crippen LogP contribution in [0.5, 0.6) is 0 Å². The fourth-order valence-electron chi connectivity index (χ4n) is 1.79. The van der Waals surface area contributed by atoms with Gasteiger partial charge in [0.05, 0.1) is 5.69 Å². The molecule has 1 aromatic heterocycles. The average Bonchev–Trinajstić information content (AvgIpc) is 2.55. The number of amides is 1. The van der Waals surface area contributed by atoms with Crippen molar-refractivity contribution in [3.05, 3.63) is 28.0 Å². The van der Waals surface area contributed by atoms with Crippen molar-refractivity contribution in [1.82, 2.24) is 9.88 Å². The molecule has 0 N–H and O–H groups in total. The lowest BCUT2D eigenvalue weighted by Gasteiger charge is -2.28. The molecule has 0 unspecified atom stereocenters. The van der Waals surface area contributed by atoms with E-state index in [2.05, 4.69) is 20.9 Å². The third-order valence-corrected chi connectivity index (χ3v) is 2.86. The van der Waals surface area contributed by atoms with Gasteiger partial charge in [0.1, 0.15) is 6.09 Å². The van der Waals surface area contributed by atoms with E-state index < -0.39 is 18.3 Å². The zero-order valence-corrected chi connectivity index (χ0v) is 9.75. The Kier molecular flexibility index (Phi) is 2.76. The Labute approximate surface area is 102 Å². The lowest BCUT2D eigenvalue weighted by atomic mass is 10.1. The van der Waals surface area contributed by atoms with Gasteiger partial charge >= 0.3 is 6.18 Å². The molecule has 4 nitrogen and oxygen atoms in total. The van der Waals surface area contributed by atoms with Crippen molar-refractivity contribution >= 4 is 22.0 Å². The van der Waals surface area contributed by atoms with Gasteiger partial charge in [-0.3, -0.25) is 4.98 Å². The topological polar surface area (TPSA) is 56.3 Å². The van der Waals surface area contributed by atoms with Gasteiger partial charge in [0.2, 0.25) is 0 Å². The van der Waals surface area contributed by atoms with Crippen molar-refractivity contribution in [1.29, 1.82) is 0 Å². The third-order valence-electron chi connectivity index (χ3n) is 2.42. The van der Waals surface area contributed by atoms with Crippen molar-refractivity contribution in [3.8, 4) is 0 Å². The number of hydrogen-bond donors (Lipinski definition) is 0. The van der Waals surface area contributed by atoms with Gasteiger partial charge in [-0.25, -0.2) is 0 Å². The summed E-state index contributed by atoms with van der Waals surface area (Å²) in [7, 11) is 0. The van der Waals surface area contributed by atoms with Gasteiger partial charge in [-0.1, -0.05) is 0 Å². The highest BCUT2D eigenvalue weighted by Crippen LogP contribution is 2.43. The minimum absolute atomic E-state index is 0.226. The van der Waals surface area contributed by atoms with Gasteiger partial charge in [-0.2, -0.15) is 13.2 Å². The predicted octanol–water partition coefficient (Wildman–Crippen LogP) is 1.61. The summed E-state index contributed by atoms with van der Waals surface area (Å²) in [5.74, 6) is 0. The summed E-state index contributed by atoms with van der Waals surface area (Å²) >= 11 is 3.07. The van der Waals surface area contributed by atoms with Crippen LogP contribution in [-0.2, 0) is 6.54 Å². The maximum atomic E-state index is 12.8. The Balaban J connectivity index is 2.51. The Morgan fingerprint density at radius 2 is 2.24 bits per heavy atom. The highest BCUT2D eigenvalue weighted by molar-refractivity contribution is 9.10. The highest BCUT2D eigenvalue weighted by atomic mass is 79.9. The third kappa shape index (κ3) is 2.08. The number of halogens is 4. The van der Waals surface area contributed by atoms with Crippen LogP contribution in [0.2, 0.25) is 0 Å². The molecule has 0 fully saturated rings. The van der Waals surface area contributed by atoms with Crippen molar-refractivity contribution in [2.24, 2.45) is 0 Å². The first-order valence-corrected chi connectivity index (χ1v) is 5.28. The van der Waals surface area contributed by atoms with Gasteiger partial charge in [-0.15, -0.1) is 0 Å². The van der Waals surface area contributed by atoms with Crippen LogP contribution < -0.4 is 5.11 Å². The van der Waals surface area contributed by atoms with E-state index in [1.807, 2.05) is 0 Å². The molecule has 0 saturated heterocycles. The van der Waals surface area contributed by atoms with E-state index in [0.29, 0.717) is 4.47 Å². The number of nitrogens with zero attached hydrogens (tertiary/aromatic N) is 2. The molecule has 1 aromatic rings. The van der Waals surface area contributed by atoms with Gasteiger partial charge in [-0.05, 0) is 27.6 Å². The number of hydrogen-bond acceptors (Lipinski definition) is 3. The first-order valence-electron chi connectivity index (χ1n) is 4.49. The van der Waals surface area contributed by atoms with Crippen LogP contribution in [0.4, 0.5) is 18.0 Å². The van der Waals surface area contributed by atoms with Crippen LogP contribution >= 0.6 is 15.9 Å². The molecule has 0 radical (unpaired) electrons. The average molecular weight is 310 g/mol. The van der Waals surface area contributed by atoms with Crippen molar-refractivity contribution in [3.63, 3.8) is 0 Å². The van der Waals surface area contributed by atoms with Crippen LogP contribution in [0.3, 0.4) is 0 Å². The number of carboxylic acid groups (broad SMARTS) is 1. The van der Waals surface area contributed by atoms with Crippen molar-refractivity contribution < 1.29 is 23.1 Å². The van der Waals surface area contributed by atoms with Crippen LogP contribution in [0.1, 0.15) is 17.3 Å². The van der Waals surface area contributed by atoms with E-state index in [4.69, 9.17) is 0 Å². The predicted molar refractivity (Wildman–Crippen MR) is 51.7 cm³/mol. The number of carbonyl (C=O) groups is 1. The van der Waals surface area contributed by atoms with E-state index in [-0.39, 0.29) is 22.7 Å². The van der Waals surface area contributed by atoms with E-state index >= 15 is 0 Å². The fourth-order valence-corrected chi connectivity index (χ4v) is 2.17. The SMILES string of the molecule is O=C([O-])N1Cc2cc(Br)cnc2[C@@H]1C(F)(F)F. The second kappa shape index (κ2) is 3.86. The Morgan fingerprint density at radius 1 is 1.59 bits per heavy atom. The molecular weight excluding hydrogens is 305 g/mol. The molecule has 2 rings (SSSR count). The van der Waals surface area contributed by atoms with Gasteiger partial charge in [0, 0.05) is 17.2 Å². The Bertz CT molecular complexity index is 478. The number of alkyl halides is 3. The van der Waals surface area contributed by atoms with Crippen LogP contribution in [-0.4, -0.2) is 22.2 Å². The molecule has 92 valence electrons. The first kappa shape index (κ1) is 12.2. The standard InChI is InChI=1S/C9H6BrF3N2O2/c10-5-1-4-3-15(8(16)17)7(9(11,12)13)6(4)14-2-5/h1-2,7H,3H2,(H,16,17)/p-1/t7-/m1/s1. The zero-order chi connectivity index (χ0) is 12.8. The molecule has 1 aliphatic heterocycles. The normalized spacial score (nSPS) is 19.3. The van der Waals surface area contributed by atoms with Gasteiger partial charge in [0.15, 0.2) is 6.04 Å². The summed E-state index contributed by atoms with van der Waals surface area (Å²) < 4.78 is 38.8. The number of rotatable bonds is 0. The van der Waals surface area contributed by atoms with Crippen LogP contribution in [0.25, 0.3) is 0 Å². The molecular formula is C9H5BrF3N2O2-. The number of aromatic nitrogens is 1. The Morgan fingerprint density at radius 3 is 2.76 bits per heavy atom. The van der Waals surface area contributed by atoms with E-state index in [1.54, 1.807) is 0 Å². The summed E-state index contributed by atoms with van der Waals surface area (Å²) in [6.07, 6.45) is -5.36. The summed E-state index contributed by atoms with van der Waals surface area (Å²) in [6, 6.07) is -0.820. The van der Waals surface area contributed by atoms with E-state index in [9.17, 15) is 23.1 Å². The molecule has 2 heterocycles. The molecule has 0 aromatic carbocycles. The number of carbonyl (C=O) groups excluding carboxylic acids is 1. The maximum absolute atomic E-state index is 12.8. The van der Waals surface area contributed by atoms with Gasteiger partial charge < -0.3 is 14.8 Å². The molecule has 1 atom stereocenters. The second-order valence-corrected chi connectivity index (χ2v) is 4.45. The van der Waals surface area contributed by atoms with Gasteiger partial charge in [0.25, 0.3) is 0 Å². The lowest BCUT2D eigenvalue weighted by Crippen LogP contribution is -2.44. The van der Waals surface area contributed by atoms with Crippen LogP contribution in [0.15, 0.2) is 16.7 Å². The zero-order valence-electron chi connectivity index (χ0n) is 8.16. The van der Waals surface area contributed by atoms with E-state index in [1.165, 1.54) is 12.3 Å². The second-order valence-electron chi connectivity index (χ2n) is 3.54. The Hall–Kier alpha value is -1.31. The minimum atomic E-state index is -4.70. The van der Waals surface area contributed by atoms with Crippen molar-refractivity contribution in [2.45, 2.75) is 18.8 Å². The highest BCUT2D eigenvalue weighted by Gasteiger charge is 2.50. The first-order chi connectivity index (χ1) is 7.80. The molecule has 1 amide bonds. The summed E-state index contributed by atoms with van der Waals surface area (Å²) in [5, 5.41) is 10.7. The maximum Gasteiger partial charge on any atom is 0.414 e. The smallest absolute Gasteiger partial charge is 0.414 e. The molecule has 1 aliphatic rings. The quantitative estimate of drug-likeness (QED) is 0.731. The molecule has 8 heteroatoms. The molecule has 0 spiro atoms. The fraction of sp³-hybridized carbons (Fsp3) is 0.333. The molecule has 0 saturated carbocycles. The molecule has 0 bridgehead atoms. The number of fused-ring (bicyclic) bond motifs is 1. The number of pyridine rings is 1. The summed E-state index contributed by atoms with van der Waals surface area (Å²) in [6.45, 7) is -0.367. The molecule has 0 aliphatic carbocycles. The largest absolute Gasteiger partial charge is 0.530 e. The molecule has 17 heavy (non-hydrogen) atoms. The summed E-state index contributed by atoms with van der Waals surface area (Å²) in [4.78, 5) is 14.6. The lowest BCUT2D eigenvalue weighted by molar-refractivity contribution is -0.280. The van der Waals surface area contributed by atoms with Crippen molar-refractivity contribution in [2.75, 3.05) is 0 Å². The summed E-state index contributed by atoms with van der Waals surface area (Å²) in [5.41, 5.74) is -0.0594. The minimum Gasteiger partial charge on any atom is -0.530 e. The van der Waals surface area contributed by atoms with E-state index in [0.717, 1.165) is 0 Å².